The van der Waals surface area contributed by atoms with Crippen LogP contribution in [0.4, 0.5) is 0 Å². The van der Waals surface area contributed by atoms with Crippen molar-refractivity contribution in [3.05, 3.63) is 0 Å². The number of nitrogens with zero attached hydrogens (tertiary/aromatic N) is 1. The number of amides is 1. The van der Waals surface area contributed by atoms with Gasteiger partial charge in [0.05, 0.1) is 11.5 Å². The van der Waals surface area contributed by atoms with E-state index in [0.29, 0.717) is 19.4 Å². The fraction of sp³-hybridized carbons (Fsp3) is 0.846. The summed E-state index contributed by atoms with van der Waals surface area (Å²) >= 11 is 0. The van der Waals surface area contributed by atoms with E-state index in [0.717, 1.165) is 25.9 Å². The summed E-state index contributed by atoms with van der Waals surface area (Å²) in [5.41, 5.74) is -0.790. The molecule has 0 aromatic carbocycles. The zero-order chi connectivity index (χ0) is 13.2. The molecule has 0 bridgehead atoms. The van der Waals surface area contributed by atoms with Gasteiger partial charge < -0.3 is 14.7 Å². The molecule has 0 radical (unpaired) electrons. The Morgan fingerprint density at radius 1 is 1.39 bits per heavy atom. The zero-order valence-corrected chi connectivity index (χ0v) is 10.9. The number of rotatable bonds is 5. The van der Waals surface area contributed by atoms with Crippen LogP contribution in [0.5, 0.6) is 0 Å². The van der Waals surface area contributed by atoms with Gasteiger partial charge in [0.2, 0.25) is 5.91 Å². The van der Waals surface area contributed by atoms with Crippen LogP contribution in [0.2, 0.25) is 0 Å². The zero-order valence-electron chi connectivity index (χ0n) is 10.9. The van der Waals surface area contributed by atoms with Gasteiger partial charge in [0.25, 0.3) is 0 Å². The number of ether oxygens (including phenoxy) is 1. The van der Waals surface area contributed by atoms with E-state index >= 15 is 0 Å². The van der Waals surface area contributed by atoms with Crippen LogP contribution in [-0.2, 0) is 14.3 Å². The third-order valence-corrected chi connectivity index (χ3v) is 4.18. The van der Waals surface area contributed by atoms with Gasteiger partial charge in [-0.05, 0) is 25.7 Å². The first-order valence-electron chi connectivity index (χ1n) is 6.62. The van der Waals surface area contributed by atoms with E-state index in [1.165, 1.54) is 0 Å². The van der Waals surface area contributed by atoms with Crippen LogP contribution in [0.15, 0.2) is 0 Å². The molecule has 0 aromatic heterocycles. The highest BCUT2D eigenvalue weighted by atomic mass is 16.5. The molecule has 102 valence electrons. The van der Waals surface area contributed by atoms with E-state index in [4.69, 9.17) is 4.74 Å². The van der Waals surface area contributed by atoms with Crippen LogP contribution in [-0.4, -0.2) is 48.2 Å². The minimum atomic E-state index is -0.826. The van der Waals surface area contributed by atoms with E-state index in [2.05, 4.69) is 0 Å². The normalized spacial score (nSPS) is 25.5. The first-order chi connectivity index (χ1) is 8.53. The number of hydrogen-bond donors (Lipinski definition) is 1. The van der Waals surface area contributed by atoms with Gasteiger partial charge in [0.15, 0.2) is 0 Å². The van der Waals surface area contributed by atoms with Crippen molar-refractivity contribution in [1.82, 2.24) is 4.90 Å². The topological polar surface area (TPSA) is 66.8 Å². The number of carboxylic acids is 1. The minimum Gasteiger partial charge on any atom is -0.481 e. The van der Waals surface area contributed by atoms with Gasteiger partial charge in [-0.25, -0.2) is 0 Å². The van der Waals surface area contributed by atoms with Crippen molar-refractivity contribution in [2.75, 3.05) is 20.2 Å². The van der Waals surface area contributed by atoms with Crippen molar-refractivity contribution in [1.29, 1.82) is 0 Å². The van der Waals surface area contributed by atoms with Gasteiger partial charge in [-0.1, -0.05) is 6.42 Å². The molecule has 2 fully saturated rings. The van der Waals surface area contributed by atoms with Crippen LogP contribution in [0.3, 0.4) is 0 Å². The number of carboxylic acid groups (broad SMARTS) is 1. The standard InChI is InChI=1S/C13H21NO4/c1-14(9-10-4-2-7-18-10)11(15)8-13(12(16)17)5-3-6-13/h10H,2-9H2,1H3,(H,16,17). The van der Waals surface area contributed by atoms with E-state index in [9.17, 15) is 14.7 Å². The fourth-order valence-corrected chi connectivity index (χ4v) is 2.69. The van der Waals surface area contributed by atoms with Gasteiger partial charge in [0.1, 0.15) is 0 Å². The second kappa shape index (κ2) is 5.26. The van der Waals surface area contributed by atoms with E-state index < -0.39 is 11.4 Å². The lowest BCUT2D eigenvalue weighted by atomic mass is 9.66. The predicted octanol–water partition coefficient (Wildman–Crippen LogP) is 1.27. The van der Waals surface area contributed by atoms with Crippen molar-refractivity contribution in [2.45, 2.75) is 44.6 Å². The van der Waals surface area contributed by atoms with E-state index in [1.807, 2.05) is 0 Å². The molecule has 1 saturated heterocycles. The van der Waals surface area contributed by atoms with Crippen LogP contribution < -0.4 is 0 Å². The maximum Gasteiger partial charge on any atom is 0.310 e. The third kappa shape index (κ3) is 2.66. The highest BCUT2D eigenvalue weighted by Crippen LogP contribution is 2.44. The molecule has 2 aliphatic rings. The fourth-order valence-electron chi connectivity index (χ4n) is 2.69. The first-order valence-corrected chi connectivity index (χ1v) is 6.62. The van der Waals surface area contributed by atoms with Crippen LogP contribution in [0.1, 0.15) is 38.5 Å². The van der Waals surface area contributed by atoms with Gasteiger partial charge in [0, 0.05) is 26.6 Å². The summed E-state index contributed by atoms with van der Waals surface area (Å²) in [5.74, 6) is -0.903. The summed E-state index contributed by atoms with van der Waals surface area (Å²) in [5, 5.41) is 9.20. The molecule has 1 atom stereocenters. The summed E-state index contributed by atoms with van der Waals surface area (Å²) in [6, 6.07) is 0. The largest absolute Gasteiger partial charge is 0.481 e. The number of aliphatic carboxylic acids is 1. The van der Waals surface area contributed by atoms with Gasteiger partial charge in [-0.3, -0.25) is 9.59 Å². The molecule has 1 aliphatic heterocycles. The Morgan fingerprint density at radius 2 is 2.11 bits per heavy atom. The van der Waals surface area contributed by atoms with E-state index in [-0.39, 0.29) is 18.4 Å². The maximum atomic E-state index is 12.1. The molecule has 1 aliphatic carbocycles. The molecule has 5 heteroatoms. The average Bonchev–Trinajstić information content (AvgIpc) is 2.75. The van der Waals surface area contributed by atoms with Crippen molar-refractivity contribution in [3.8, 4) is 0 Å². The third-order valence-electron chi connectivity index (χ3n) is 4.18. The number of carbonyl (C=O) groups is 2. The smallest absolute Gasteiger partial charge is 0.310 e. The Labute approximate surface area is 107 Å². The molecule has 18 heavy (non-hydrogen) atoms. The molecule has 5 nitrogen and oxygen atoms in total. The molecule has 1 heterocycles. The van der Waals surface area contributed by atoms with Crippen molar-refractivity contribution in [2.24, 2.45) is 5.41 Å². The molecular weight excluding hydrogens is 234 g/mol. The van der Waals surface area contributed by atoms with Crippen LogP contribution in [0, 0.1) is 5.41 Å². The lowest BCUT2D eigenvalue weighted by molar-refractivity contribution is -0.159. The van der Waals surface area contributed by atoms with E-state index in [1.54, 1.807) is 11.9 Å². The molecule has 1 N–H and O–H groups in total. The molecule has 1 unspecified atom stereocenters. The van der Waals surface area contributed by atoms with Gasteiger partial charge in [-0.15, -0.1) is 0 Å². The average molecular weight is 255 g/mol. The lowest BCUT2D eigenvalue weighted by Gasteiger charge is -2.38. The first kappa shape index (κ1) is 13.3. The Kier molecular flexibility index (Phi) is 3.90. The molecule has 2 rings (SSSR count). The summed E-state index contributed by atoms with van der Waals surface area (Å²) < 4.78 is 5.48. The van der Waals surface area contributed by atoms with Gasteiger partial charge >= 0.3 is 5.97 Å². The molecule has 1 amide bonds. The minimum absolute atomic E-state index is 0.0763. The molecular formula is C13H21NO4. The van der Waals surface area contributed by atoms with Gasteiger partial charge in [-0.2, -0.15) is 0 Å². The monoisotopic (exact) mass is 255 g/mol. The van der Waals surface area contributed by atoms with Crippen molar-refractivity contribution < 1.29 is 19.4 Å². The summed E-state index contributed by atoms with van der Waals surface area (Å²) in [6.07, 6.45) is 4.46. The van der Waals surface area contributed by atoms with Crippen molar-refractivity contribution >= 4 is 11.9 Å². The quantitative estimate of drug-likeness (QED) is 0.803. The highest BCUT2D eigenvalue weighted by Gasteiger charge is 2.46. The number of hydrogen-bond acceptors (Lipinski definition) is 3. The summed E-state index contributed by atoms with van der Waals surface area (Å²) in [7, 11) is 1.73. The number of likely N-dealkylation sites (N-methyl/N-ethyl adjacent to an activating group) is 1. The Hall–Kier alpha value is -1.10. The summed E-state index contributed by atoms with van der Waals surface area (Å²) in [4.78, 5) is 24.9. The second-order valence-corrected chi connectivity index (χ2v) is 5.53. The SMILES string of the molecule is CN(CC1CCCO1)C(=O)CC1(C(=O)O)CCC1. The lowest BCUT2D eigenvalue weighted by Crippen LogP contribution is -2.44. The Balaban J connectivity index is 1.84. The molecule has 0 spiro atoms. The Bertz CT molecular complexity index is 332. The van der Waals surface area contributed by atoms with Crippen LogP contribution >= 0.6 is 0 Å². The van der Waals surface area contributed by atoms with Crippen LogP contribution in [0.25, 0.3) is 0 Å². The maximum absolute atomic E-state index is 12.1. The molecule has 0 aromatic rings. The predicted molar refractivity (Wildman–Crippen MR) is 65.1 cm³/mol. The molecule has 1 saturated carbocycles. The highest BCUT2D eigenvalue weighted by molar-refractivity contribution is 5.85. The van der Waals surface area contributed by atoms with Crippen molar-refractivity contribution in [3.63, 3.8) is 0 Å². The number of carbonyl (C=O) groups excluding carboxylic acids is 1. The Morgan fingerprint density at radius 3 is 2.56 bits per heavy atom. The second-order valence-electron chi connectivity index (χ2n) is 5.53. The summed E-state index contributed by atoms with van der Waals surface area (Å²) in [6.45, 7) is 1.35.